The van der Waals surface area contributed by atoms with E-state index in [1.807, 2.05) is 97.1 Å². The third-order valence-electron chi connectivity index (χ3n) is 7.71. The fourth-order valence-electron chi connectivity index (χ4n) is 5.56. The number of nitrogen functional groups attached to an aromatic ring is 1. The van der Waals surface area contributed by atoms with Gasteiger partial charge in [-0.25, -0.2) is 4.98 Å². The number of nitrogens with zero attached hydrogens (tertiary/aromatic N) is 1. The molecule has 2 heterocycles. The van der Waals surface area contributed by atoms with E-state index in [9.17, 15) is 9.59 Å². The Labute approximate surface area is 254 Å². The number of pyridine rings is 1. The number of carbonyl (C=O) groups is 2. The van der Waals surface area contributed by atoms with Crippen LogP contribution in [0.3, 0.4) is 0 Å². The van der Waals surface area contributed by atoms with Crippen LogP contribution in [0.1, 0.15) is 33.9 Å². The maximum absolute atomic E-state index is 13.7. The molecule has 6 nitrogen and oxygen atoms in total. The molecule has 0 aliphatic rings. The van der Waals surface area contributed by atoms with Gasteiger partial charge in [-0.3, -0.25) is 9.59 Å². The highest BCUT2D eigenvalue weighted by Crippen LogP contribution is 2.29. The average Bonchev–Trinajstić information content (AvgIpc) is 3.48. The number of carbonyl (C=O) groups excluding carboxylic acids is 2. The fourth-order valence-corrected chi connectivity index (χ4v) is 6.56. The molecule has 43 heavy (non-hydrogen) atoms. The van der Waals surface area contributed by atoms with Crippen molar-refractivity contribution in [3.8, 4) is 0 Å². The van der Waals surface area contributed by atoms with Crippen LogP contribution in [0.4, 0.5) is 5.82 Å². The largest absolute Gasteiger partial charge is 0.383 e. The van der Waals surface area contributed by atoms with E-state index in [2.05, 4.69) is 33.8 Å². The van der Waals surface area contributed by atoms with Gasteiger partial charge in [-0.15, -0.1) is 11.3 Å². The Bertz CT molecular complexity index is 1830. The standard InChI is InChI=1S/C36H32N4O2S/c37-35-31-21-28(43-33(31)18-19-38-35)23-39-36(42)32(20-27-16-9-15-24-14-7-8-17-29(24)27)40-34(41)22-30(25-10-3-1-4-11-25)26-12-5-2-6-13-26/h1-19,21,30,32H,20,22-23H2,(H2,37,38)(H,39,42)(H,40,41). The van der Waals surface area contributed by atoms with Crippen molar-refractivity contribution >= 4 is 49.8 Å². The van der Waals surface area contributed by atoms with Gasteiger partial charge < -0.3 is 16.4 Å². The molecule has 0 fully saturated rings. The molecule has 0 saturated carbocycles. The zero-order chi connectivity index (χ0) is 29.6. The molecule has 6 rings (SSSR count). The highest BCUT2D eigenvalue weighted by Gasteiger charge is 2.25. The van der Waals surface area contributed by atoms with E-state index < -0.39 is 6.04 Å². The summed E-state index contributed by atoms with van der Waals surface area (Å²) in [4.78, 5) is 32.6. The van der Waals surface area contributed by atoms with Crippen molar-refractivity contribution in [3.63, 3.8) is 0 Å². The molecular weight excluding hydrogens is 552 g/mol. The summed E-state index contributed by atoms with van der Waals surface area (Å²) in [6.45, 7) is 0.330. The first kappa shape index (κ1) is 28.1. The van der Waals surface area contributed by atoms with Gasteiger partial charge in [0.25, 0.3) is 0 Å². The van der Waals surface area contributed by atoms with Crippen molar-refractivity contribution in [2.45, 2.75) is 31.3 Å². The zero-order valence-electron chi connectivity index (χ0n) is 23.6. The van der Waals surface area contributed by atoms with Crippen LogP contribution in [0.25, 0.3) is 20.9 Å². The van der Waals surface area contributed by atoms with Gasteiger partial charge in [0.2, 0.25) is 11.8 Å². The number of nitrogens with two attached hydrogens (primary N) is 1. The fraction of sp³-hybridized carbons (Fsp3) is 0.139. The predicted octanol–water partition coefficient (Wildman–Crippen LogP) is 6.60. The number of benzene rings is 4. The SMILES string of the molecule is Nc1nccc2sc(CNC(=O)C(Cc3cccc4ccccc34)NC(=O)CC(c3ccccc3)c3ccccc3)cc12. The van der Waals surface area contributed by atoms with Crippen LogP contribution >= 0.6 is 11.3 Å². The first-order chi connectivity index (χ1) is 21.0. The summed E-state index contributed by atoms with van der Waals surface area (Å²) in [5.41, 5.74) is 9.15. The first-order valence-corrected chi connectivity index (χ1v) is 15.1. The normalized spacial score (nSPS) is 11.9. The minimum atomic E-state index is -0.758. The molecule has 1 unspecified atom stereocenters. The Balaban J connectivity index is 1.24. The summed E-state index contributed by atoms with van der Waals surface area (Å²) in [6, 6.07) is 37.3. The van der Waals surface area contributed by atoms with E-state index in [0.717, 1.165) is 42.4 Å². The minimum Gasteiger partial charge on any atom is -0.383 e. The summed E-state index contributed by atoms with van der Waals surface area (Å²) in [7, 11) is 0. The molecule has 7 heteroatoms. The van der Waals surface area contributed by atoms with Gasteiger partial charge in [-0.05, 0) is 39.6 Å². The molecule has 6 aromatic rings. The second-order valence-corrected chi connectivity index (χ2v) is 11.7. The van der Waals surface area contributed by atoms with Crippen LogP contribution in [0.15, 0.2) is 121 Å². The molecule has 4 N–H and O–H groups in total. The lowest BCUT2D eigenvalue weighted by Crippen LogP contribution is -2.48. The van der Waals surface area contributed by atoms with Crippen LogP contribution in [0.2, 0.25) is 0 Å². The molecular formula is C36H32N4O2S. The van der Waals surface area contributed by atoms with Crippen LogP contribution < -0.4 is 16.4 Å². The number of fused-ring (bicyclic) bond motifs is 2. The van der Waals surface area contributed by atoms with E-state index in [1.165, 1.54) is 0 Å². The molecule has 214 valence electrons. The summed E-state index contributed by atoms with van der Waals surface area (Å²) in [6.07, 6.45) is 2.27. The van der Waals surface area contributed by atoms with Crippen molar-refractivity contribution < 1.29 is 9.59 Å². The lowest BCUT2D eigenvalue weighted by Gasteiger charge is -2.22. The number of aromatic nitrogens is 1. The number of nitrogens with one attached hydrogen (secondary N) is 2. The van der Waals surface area contributed by atoms with Crippen molar-refractivity contribution in [3.05, 3.63) is 143 Å². The van der Waals surface area contributed by atoms with Gasteiger partial charge in [-0.1, -0.05) is 103 Å². The number of amides is 2. The van der Waals surface area contributed by atoms with Crippen LogP contribution in [0, 0.1) is 0 Å². The first-order valence-electron chi connectivity index (χ1n) is 14.3. The third kappa shape index (κ3) is 6.58. The van der Waals surface area contributed by atoms with E-state index in [0.29, 0.717) is 18.8 Å². The summed E-state index contributed by atoms with van der Waals surface area (Å²) >= 11 is 1.57. The molecule has 0 bridgehead atoms. The second kappa shape index (κ2) is 12.9. The summed E-state index contributed by atoms with van der Waals surface area (Å²) in [5, 5.41) is 9.20. The highest BCUT2D eigenvalue weighted by molar-refractivity contribution is 7.19. The Hall–Kier alpha value is -5.01. The molecule has 0 aliphatic heterocycles. The van der Waals surface area contributed by atoms with Crippen LogP contribution in [-0.2, 0) is 22.6 Å². The highest BCUT2D eigenvalue weighted by atomic mass is 32.1. The smallest absolute Gasteiger partial charge is 0.243 e. The van der Waals surface area contributed by atoms with Crippen molar-refractivity contribution in [1.82, 2.24) is 15.6 Å². The number of thiophene rings is 1. The molecule has 2 aromatic heterocycles. The Kier molecular flexibility index (Phi) is 8.42. The monoisotopic (exact) mass is 584 g/mol. The molecule has 0 saturated heterocycles. The van der Waals surface area contributed by atoms with Crippen molar-refractivity contribution in [2.75, 3.05) is 5.73 Å². The van der Waals surface area contributed by atoms with Gasteiger partial charge in [0.05, 0.1) is 6.54 Å². The molecule has 4 aromatic carbocycles. The Morgan fingerprint density at radius 3 is 2.19 bits per heavy atom. The molecule has 2 amide bonds. The van der Waals surface area contributed by atoms with E-state index in [-0.39, 0.29) is 24.2 Å². The van der Waals surface area contributed by atoms with Crippen molar-refractivity contribution in [2.24, 2.45) is 0 Å². The molecule has 0 radical (unpaired) electrons. The second-order valence-electron chi connectivity index (χ2n) is 10.6. The van der Waals surface area contributed by atoms with Crippen LogP contribution in [0.5, 0.6) is 0 Å². The van der Waals surface area contributed by atoms with Crippen molar-refractivity contribution in [1.29, 1.82) is 0 Å². The molecule has 1 atom stereocenters. The van der Waals surface area contributed by atoms with Gasteiger partial charge in [0.15, 0.2) is 0 Å². The predicted molar refractivity (Wildman–Crippen MR) is 175 cm³/mol. The average molecular weight is 585 g/mol. The van der Waals surface area contributed by atoms with Gasteiger partial charge in [0.1, 0.15) is 11.9 Å². The lowest BCUT2D eigenvalue weighted by atomic mass is 9.88. The Morgan fingerprint density at radius 1 is 0.791 bits per heavy atom. The maximum atomic E-state index is 13.7. The number of rotatable bonds is 10. The number of hydrogen-bond donors (Lipinski definition) is 3. The zero-order valence-corrected chi connectivity index (χ0v) is 24.4. The quantitative estimate of drug-likeness (QED) is 0.169. The van der Waals surface area contributed by atoms with Gasteiger partial charge in [0, 0.05) is 39.9 Å². The lowest BCUT2D eigenvalue weighted by molar-refractivity contribution is -0.129. The molecule has 0 spiro atoms. The molecule has 0 aliphatic carbocycles. The van der Waals surface area contributed by atoms with E-state index >= 15 is 0 Å². The van der Waals surface area contributed by atoms with Crippen LogP contribution in [-0.4, -0.2) is 22.8 Å². The third-order valence-corrected chi connectivity index (χ3v) is 8.81. The van der Waals surface area contributed by atoms with E-state index in [4.69, 9.17) is 5.73 Å². The van der Waals surface area contributed by atoms with Gasteiger partial charge >= 0.3 is 0 Å². The number of anilines is 1. The summed E-state index contributed by atoms with van der Waals surface area (Å²) < 4.78 is 1.02. The number of hydrogen-bond acceptors (Lipinski definition) is 5. The topological polar surface area (TPSA) is 97.1 Å². The Morgan fingerprint density at radius 2 is 1.47 bits per heavy atom. The summed E-state index contributed by atoms with van der Waals surface area (Å²) in [5.74, 6) is -0.0836. The van der Waals surface area contributed by atoms with Gasteiger partial charge in [-0.2, -0.15) is 0 Å². The maximum Gasteiger partial charge on any atom is 0.243 e. The van der Waals surface area contributed by atoms with E-state index in [1.54, 1.807) is 17.5 Å². The minimum absolute atomic E-state index is 0.138.